The quantitative estimate of drug-likeness (QED) is 0.285. The van der Waals surface area contributed by atoms with Crippen LogP contribution in [0.1, 0.15) is 17.5 Å². The highest BCUT2D eigenvalue weighted by atomic mass is 35.5. The van der Waals surface area contributed by atoms with Gasteiger partial charge in [0.2, 0.25) is 0 Å². The van der Waals surface area contributed by atoms with Gasteiger partial charge >= 0.3 is 0 Å². The second-order valence-electron chi connectivity index (χ2n) is 5.59. The van der Waals surface area contributed by atoms with Crippen molar-refractivity contribution in [2.24, 2.45) is 0 Å². The number of nitrogen functional groups attached to an aromatic ring is 1. The van der Waals surface area contributed by atoms with Crippen LogP contribution in [-0.4, -0.2) is 15.0 Å². The first kappa shape index (κ1) is 18.0. The smallest absolute Gasteiger partial charge is 0.291 e. The molecule has 134 valence electrons. The molecule has 0 amide bonds. The molecular weight excluding hydrogens is 381 g/mol. The molecule has 0 aliphatic rings. The number of rotatable bonds is 5. The predicted molar refractivity (Wildman–Crippen MR) is 97.9 cm³/mol. The molecule has 1 atom stereocenters. The van der Waals surface area contributed by atoms with Gasteiger partial charge in [-0.25, -0.2) is 4.98 Å². The van der Waals surface area contributed by atoms with Crippen LogP contribution in [0.3, 0.4) is 0 Å². The molecule has 3 aromatic rings. The normalized spacial score (nSPS) is 12.1. The number of aromatic hydroxyl groups is 1. The van der Waals surface area contributed by atoms with Crippen LogP contribution in [0, 0.1) is 10.1 Å². The number of nitrogens with two attached hydrogens (primary N) is 1. The molecule has 0 saturated carbocycles. The number of hydrogen-bond donors (Lipinski definition) is 2. The van der Waals surface area contributed by atoms with Crippen LogP contribution in [0.25, 0.3) is 11.3 Å². The minimum Gasteiger partial charge on any atom is -0.506 e. The summed E-state index contributed by atoms with van der Waals surface area (Å²) in [4.78, 5) is 15.2. The molecule has 26 heavy (non-hydrogen) atoms. The highest BCUT2D eigenvalue weighted by molar-refractivity contribution is 6.36. The van der Waals surface area contributed by atoms with Crippen molar-refractivity contribution in [2.75, 3.05) is 5.73 Å². The number of phenolic OH excluding ortho intramolecular Hbond substituents is 1. The Morgan fingerprint density at radius 3 is 2.69 bits per heavy atom. The standard InChI is InChI=1S/C17H13Cl2N3O4/c18-10-2-3-11(12(19)7-10)14-8-26-17(21-14)15(22(24)25)6-9-1-4-16(23)13(20)5-9/h1-5,7-8,15,23H,6,20H2. The van der Waals surface area contributed by atoms with E-state index in [0.717, 1.165) is 0 Å². The Kier molecular flexibility index (Phi) is 5.01. The number of phenols is 1. The van der Waals surface area contributed by atoms with Gasteiger partial charge in [-0.1, -0.05) is 29.3 Å². The minimum absolute atomic E-state index is 0.00574. The number of hydrogen-bond acceptors (Lipinski definition) is 6. The number of benzene rings is 2. The molecule has 1 aromatic heterocycles. The lowest BCUT2D eigenvalue weighted by atomic mass is 10.1. The minimum atomic E-state index is -1.21. The van der Waals surface area contributed by atoms with E-state index in [1.165, 1.54) is 18.4 Å². The second-order valence-corrected chi connectivity index (χ2v) is 6.44. The Morgan fingerprint density at radius 2 is 2.04 bits per heavy atom. The van der Waals surface area contributed by atoms with E-state index >= 15 is 0 Å². The Morgan fingerprint density at radius 1 is 1.27 bits per heavy atom. The molecule has 3 rings (SSSR count). The second kappa shape index (κ2) is 7.23. The molecule has 1 heterocycles. The van der Waals surface area contributed by atoms with E-state index in [1.54, 1.807) is 24.3 Å². The lowest BCUT2D eigenvalue weighted by Gasteiger charge is -2.07. The van der Waals surface area contributed by atoms with Crippen molar-refractivity contribution < 1.29 is 14.4 Å². The zero-order valence-corrected chi connectivity index (χ0v) is 14.7. The van der Waals surface area contributed by atoms with Crippen LogP contribution in [0.15, 0.2) is 47.1 Å². The molecule has 1 unspecified atom stereocenters. The molecule has 0 aliphatic heterocycles. The van der Waals surface area contributed by atoms with Gasteiger partial charge in [0.1, 0.15) is 17.7 Å². The Labute approximate surface area is 158 Å². The zero-order chi connectivity index (χ0) is 18.8. The fourth-order valence-electron chi connectivity index (χ4n) is 2.47. The first-order valence-electron chi connectivity index (χ1n) is 7.47. The molecule has 0 spiro atoms. The topological polar surface area (TPSA) is 115 Å². The van der Waals surface area contributed by atoms with Crippen molar-refractivity contribution in [3.63, 3.8) is 0 Å². The van der Waals surface area contributed by atoms with Crippen molar-refractivity contribution >= 4 is 28.9 Å². The van der Waals surface area contributed by atoms with E-state index in [2.05, 4.69) is 4.98 Å². The number of anilines is 1. The molecule has 0 aliphatic carbocycles. The van der Waals surface area contributed by atoms with E-state index in [4.69, 9.17) is 33.4 Å². The lowest BCUT2D eigenvalue weighted by Crippen LogP contribution is -2.14. The molecule has 0 bridgehead atoms. The third-order valence-corrected chi connectivity index (χ3v) is 4.34. The van der Waals surface area contributed by atoms with E-state index in [-0.39, 0.29) is 23.7 Å². The van der Waals surface area contributed by atoms with Crippen LogP contribution < -0.4 is 5.73 Å². The summed E-state index contributed by atoms with van der Waals surface area (Å²) in [7, 11) is 0. The number of aromatic nitrogens is 1. The summed E-state index contributed by atoms with van der Waals surface area (Å²) >= 11 is 12.0. The van der Waals surface area contributed by atoms with Crippen LogP contribution in [0.4, 0.5) is 5.69 Å². The van der Waals surface area contributed by atoms with Gasteiger partial charge in [-0.05, 0) is 35.9 Å². The predicted octanol–water partition coefficient (Wildman–Crippen LogP) is 4.50. The Balaban J connectivity index is 1.90. The first-order chi connectivity index (χ1) is 12.3. The van der Waals surface area contributed by atoms with Crippen molar-refractivity contribution in [1.29, 1.82) is 0 Å². The fourth-order valence-corrected chi connectivity index (χ4v) is 2.97. The van der Waals surface area contributed by atoms with E-state index in [9.17, 15) is 15.2 Å². The monoisotopic (exact) mass is 393 g/mol. The van der Waals surface area contributed by atoms with E-state index in [1.807, 2.05) is 0 Å². The van der Waals surface area contributed by atoms with Crippen molar-refractivity contribution in [3.05, 3.63) is 74.3 Å². The first-order valence-corrected chi connectivity index (χ1v) is 8.22. The molecule has 0 saturated heterocycles. The molecule has 9 heteroatoms. The Bertz CT molecular complexity index is 974. The molecule has 0 fully saturated rings. The highest BCUT2D eigenvalue weighted by Crippen LogP contribution is 2.32. The van der Waals surface area contributed by atoms with Gasteiger partial charge in [0.25, 0.3) is 11.9 Å². The summed E-state index contributed by atoms with van der Waals surface area (Å²) in [5.41, 5.74) is 7.29. The largest absolute Gasteiger partial charge is 0.506 e. The Hall–Kier alpha value is -2.77. The van der Waals surface area contributed by atoms with Gasteiger partial charge in [0.15, 0.2) is 0 Å². The highest BCUT2D eigenvalue weighted by Gasteiger charge is 2.29. The summed E-state index contributed by atoms with van der Waals surface area (Å²) in [6, 6.07) is 8.06. The van der Waals surface area contributed by atoms with Crippen LogP contribution >= 0.6 is 23.2 Å². The summed E-state index contributed by atoms with van der Waals surface area (Å²) in [5, 5.41) is 21.8. The van der Waals surface area contributed by atoms with Crippen LogP contribution in [-0.2, 0) is 6.42 Å². The summed E-state index contributed by atoms with van der Waals surface area (Å²) in [6.45, 7) is 0. The number of halogens is 2. The van der Waals surface area contributed by atoms with Gasteiger partial charge in [-0.3, -0.25) is 10.1 Å². The molecule has 3 N–H and O–H groups in total. The third kappa shape index (κ3) is 3.74. The molecule has 2 aromatic carbocycles. The van der Waals surface area contributed by atoms with Gasteiger partial charge in [-0.15, -0.1) is 0 Å². The van der Waals surface area contributed by atoms with E-state index < -0.39 is 11.0 Å². The van der Waals surface area contributed by atoms with Crippen molar-refractivity contribution in [3.8, 4) is 17.0 Å². The van der Waals surface area contributed by atoms with E-state index in [0.29, 0.717) is 26.9 Å². The SMILES string of the molecule is Nc1cc(CC(c2nc(-c3ccc(Cl)cc3Cl)co2)[N+](=O)[O-])ccc1O. The summed E-state index contributed by atoms with van der Waals surface area (Å²) in [5.74, 6) is -0.134. The van der Waals surface area contributed by atoms with Gasteiger partial charge in [-0.2, -0.15) is 0 Å². The average Bonchev–Trinajstić information content (AvgIpc) is 3.04. The maximum Gasteiger partial charge on any atom is 0.291 e. The maximum absolute atomic E-state index is 11.5. The molecular formula is C17H13Cl2N3O4. The van der Waals surface area contributed by atoms with Gasteiger partial charge < -0.3 is 15.3 Å². The fraction of sp³-hybridized carbons (Fsp3) is 0.118. The number of nitrogens with zero attached hydrogens (tertiary/aromatic N) is 2. The van der Waals surface area contributed by atoms with Crippen molar-refractivity contribution in [1.82, 2.24) is 4.98 Å². The number of nitro groups is 1. The van der Waals surface area contributed by atoms with Gasteiger partial charge in [0, 0.05) is 21.9 Å². The molecule has 0 radical (unpaired) electrons. The zero-order valence-electron chi connectivity index (χ0n) is 13.2. The average molecular weight is 394 g/mol. The lowest BCUT2D eigenvalue weighted by molar-refractivity contribution is -0.532. The van der Waals surface area contributed by atoms with Gasteiger partial charge in [0.05, 0.1) is 10.7 Å². The summed E-state index contributed by atoms with van der Waals surface area (Å²) in [6.07, 6.45) is 1.32. The molecule has 7 nitrogen and oxygen atoms in total. The maximum atomic E-state index is 11.5. The number of oxazole rings is 1. The van der Waals surface area contributed by atoms with Crippen LogP contribution in [0.5, 0.6) is 5.75 Å². The summed E-state index contributed by atoms with van der Waals surface area (Å²) < 4.78 is 5.33. The van der Waals surface area contributed by atoms with Crippen LogP contribution in [0.2, 0.25) is 10.0 Å². The van der Waals surface area contributed by atoms with Crippen molar-refractivity contribution in [2.45, 2.75) is 12.5 Å². The third-order valence-electron chi connectivity index (χ3n) is 3.79.